The number of aromatic hydroxyl groups is 1. The fraction of sp³-hybridized carbons (Fsp3) is 0.348. The van der Waals surface area contributed by atoms with E-state index in [4.69, 9.17) is 0 Å². The smallest absolute Gasteiger partial charge is 0.315 e. The molecule has 0 fully saturated rings. The minimum atomic E-state index is -0.115. The molecule has 0 aliphatic carbocycles. The monoisotopic (exact) mass is 409 g/mol. The number of amides is 2. The minimum absolute atomic E-state index is 0.115. The molecule has 1 aliphatic heterocycles. The van der Waals surface area contributed by atoms with Gasteiger partial charge in [-0.15, -0.1) is 11.3 Å². The third kappa shape index (κ3) is 4.89. The summed E-state index contributed by atoms with van der Waals surface area (Å²) in [5.41, 5.74) is 2.35. The van der Waals surface area contributed by atoms with Crippen LogP contribution in [0.25, 0.3) is 10.1 Å². The average Bonchev–Trinajstić information content (AvgIpc) is 3.14. The number of nitrogens with one attached hydrogen (secondary N) is 3. The van der Waals surface area contributed by atoms with Gasteiger partial charge in [0, 0.05) is 41.2 Å². The van der Waals surface area contributed by atoms with Gasteiger partial charge in [0.15, 0.2) is 0 Å². The van der Waals surface area contributed by atoms with E-state index in [9.17, 15) is 9.90 Å². The van der Waals surface area contributed by atoms with Gasteiger partial charge in [-0.25, -0.2) is 4.79 Å². The lowest BCUT2D eigenvalue weighted by Crippen LogP contribution is -2.49. The van der Waals surface area contributed by atoms with Crippen LogP contribution in [0, 0.1) is 0 Å². The van der Waals surface area contributed by atoms with Crippen molar-refractivity contribution < 1.29 is 9.90 Å². The maximum atomic E-state index is 12.4. The summed E-state index contributed by atoms with van der Waals surface area (Å²) in [7, 11) is 0. The zero-order chi connectivity index (χ0) is 20.2. The van der Waals surface area contributed by atoms with Crippen LogP contribution in [0.3, 0.4) is 0 Å². The number of carbonyl (C=O) groups is 1. The Hall–Kier alpha value is -2.57. The Bertz CT molecular complexity index is 968. The maximum Gasteiger partial charge on any atom is 0.315 e. The van der Waals surface area contributed by atoms with E-state index in [-0.39, 0.29) is 18.1 Å². The van der Waals surface area contributed by atoms with Crippen LogP contribution in [0.2, 0.25) is 0 Å². The summed E-state index contributed by atoms with van der Waals surface area (Å²) in [6.45, 7) is 3.39. The van der Waals surface area contributed by atoms with E-state index in [1.54, 1.807) is 23.5 Å². The van der Waals surface area contributed by atoms with E-state index >= 15 is 0 Å². The van der Waals surface area contributed by atoms with Gasteiger partial charge in [-0.05, 0) is 53.6 Å². The Labute approximate surface area is 175 Å². The maximum absolute atomic E-state index is 12.4. The summed E-state index contributed by atoms with van der Waals surface area (Å²) in [5.74, 6) is 0.297. The molecule has 2 unspecified atom stereocenters. The highest BCUT2D eigenvalue weighted by Gasteiger charge is 2.19. The molecule has 6 heteroatoms. The first-order valence-corrected chi connectivity index (χ1v) is 11.0. The van der Waals surface area contributed by atoms with Gasteiger partial charge in [0.2, 0.25) is 0 Å². The minimum Gasteiger partial charge on any atom is -0.508 e. The summed E-state index contributed by atoms with van der Waals surface area (Å²) in [6, 6.07) is 16.3. The molecule has 1 aromatic heterocycles. The number of fused-ring (bicyclic) bond motifs is 2. The SMILES string of the molecule is CCC(Cc1cc2ccccc2s1)NC(=O)NCC1Cc2ccc(O)cc2CN1. The highest BCUT2D eigenvalue weighted by molar-refractivity contribution is 7.19. The van der Waals surface area contributed by atoms with Crippen LogP contribution >= 0.6 is 11.3 Å². The molecule has 0 saturated carbocycles. The molecule has 0 bridgehead atoms. The van der Waals surface area contributed by atoms with Crippen molar-refractivity contribution in [3.8, 4) is 5.75 Å². The van der Waals surface area contributed by atoms with Gasteiger partial charge < -0.3 is 21.1 Å². The van der Waals surface area contributed by atoms with Crippen molar-refractivity contribution in [2.75, 3.05) is 6.54 Å². The summed E-state index contributed by atoms with van der Waals surface area (Å²) < 4.78 is 1.29. The van der Waals surface area contributed by atoms with Crippen LogP contribution in [0.15, 0.2) is 48.5 Å². The van der Waals surface area contributed by atoms with E-state index in [0.29, 0.717) is 18.8 Å². The average molecular weight is 410 g/mol. The number of benzene rings is 2. The highest BCUT2D eigenvalue weighted by atomic mass is 32.1. The predicted octanol–water partition coefficient (Wildman–Crippen LogP) is 3.94. The normalized spacial score (nSPS) is 16.9. The molecule has 152 valence electrons. The van der Waals surface area contributed by atoms with Crippen LogP contribution in [-0.2, 0) is 19.4 Å². The van der Waals surface area contributed by atoms with Gasteiger partial charge in [-0.2, -0.15) is 0 Å². The predicted molar refractivity (Wildman–Crippen MR) is 119 cm³/mol. The number of hydrogen-bond acceptors (Lipinski definition) is 4. The van der Waals surface area contributed by atoms with Crippen LogP contribution in [0.4, 0.5) is 4.79 Å². The van der Waals surface area contributed by atoms with E-state index in [0.717, 1.165) is 24.8 Å². The van der Waals surface area contributed by atoms with Gasteiger partial charge in [0.05, 0.1) is 0 Å². The Kier molecular flexibility index (Phi) is 6.02. The number of rotatable bonds is 6. The molecule has 5 nitrogen and oxygen atoms in total. The first-order chi connectivity index (χ1) is 14.1. The second kappa shape index (κ2) is 8.84. The van der Waals surface area contributed by atoms with Crippen molar-refractivity contribution in [1.82, 2.24) is 16.0 Å². The van der Waals surface area contributed by atoms with Gasteiger partial charge in [-0.3, -0.25) is 0 Å². The topological polar surface area (TPSA) is 73.4 Å². The Morgan fingerprint density at radius 2 is 2.10 bits per heavy atom. The number of hydrogen-bond donors (Lipinski definition) is 4. The fourth-order valence-corrected chi connectivity index (χ4v) is 4.99. The zero-order valence-corrected chi connectivity index (χ0v) is 17.4. The number of thiophene rings is 1. The molecule has 2 amide bonds. The Morgan fingerprint density at radius 3 is 2.93 bits per heavy atom. The molecule has 4 rings (SSSR count). The van der Waals surface area contributed by atoms with Crippen LogP contribution < -0.4 is 16.0 Å². The standard InChI is InChI=1S/C23H27N3O2S/c1-2-18(12-21-11-16-5-3-4-6-22(16)29-21)26-23(28)25-14-19-9-15-7-8-20(27)10-17(15)13-24-19/h3-8,10-11,18-19,24,27H,2,9,12-14H2,1H3,(H2,25,26,28). The number of phenolic OH excluding ortho intramolecular Hbond substituents is 1. The van der Waals surface area contributed by atoms with Crippen LogP contribution in [-0.4, -0.2) is 29.8 Å². The Balaban J connectivity index is 1.27. The third-order valence-corrected chi connectivity index (χ3v) is 6.64. The highest BCUT2D eigenvalue weighted by Crippen LogP contribution is 2.26. The molecule has 0 radical (unpaired) electrons. The molecule has 4 N–H and O–H groups in total. The van der Waals surface area contributed by atoms with Gasteiger partial charge >= 0.3 is 6.03 Å². The molecular formula is C23H27N3O2S. The van der Waals surface area contributed by atoms with Crippen molar-refractivity contribution in [3.05, 3.63) is 64.5 Å². The molecule has 3 aromatic rings. The molecule has 0 saturated heterocycles. The number of phenols is 1. The molecule has 0 spiro atoms. The van der Waals surface area contributed by atoms with E-state index in [1.165, 1.54) is 20.5 Å². The molecule has 2 aromatic carbocycles. The third-order valence-electron chi connectivity index (χ3n) is 5.50. The van der Waals surface area contributed by atoms with Crippen molar-refractivity contribution in [2.24, 2.45) is 0 Å². The molecule has 2 atom stereocenters. The molecule has 1 aliphatic rings. The second-order valence-electron chi connectivity index (χ2n) is 7.65. The quantitative estimate of drug-likeness (QED) is 0.498. The van der Waals surface area contributed by atoms with Crippen molar-refractivity contribution in [3.63, 3.8) is 0 Å². The lowest BCUT2D eigenvalue weighted by atomic mass is 9.95. The molecule has 29 heavy (non-hydrogen) atoms. The first-order valence-electron chi connectivity index (χ1n) is 10.2. The lowest BCUT2D eigenvalue weighted by molar-refractivity contribution is 0.234. The largest absolute Gasteiger partial charge is 0.508 e. The molecular weight excluding hydrogens is 382 g/mol. The van der Waals surface area contributed by atoms with Crippen LogP contribution in [0.5, 0.6) is 5.75 Å². The molecule has 2 heterocycles. The zero-order valence-electron chi connectivity index (χ0n) is 16.6. The van der Waals surface area contributed by atoms with Crippen molar-refractivity contribution in [2.45, 2.75) is 44.8 Å². The second-order valence-corrected chi connectivity index (χ2v) is 8.82. The van der Waals surface area contributed by atoms with E-state index in [2.05, 4.69) is 53.2 Å². The summed E-state index contributed by atoms with van der Waals surface area (Å²) in [6.07, 6.45) is 2.58. The van der Waals surface area contributed by atoms with Crippen molar-refractivity contribution in [1.29, 1.82) is 0 Å². The van der Waals surface area contributed by atoms with E-state index in [1.807, 2.05) is 6.07 Å². The summed E-state index contributed by atoms with van der Waals surface area (Å²) >= 11 is 1.80. The first kappa shape index (κ1) is 19.7. The lowest BCUT2D eigenvalue weighted by Gasteiger charge is -2.27. The number of carbonyl (C=O) groups excluding carboxylic acids is 1. The summed E-state index contributed by atoms with van der Waals surface area (Å²) in [4.78, 5) is 13.7. The fourth-order valence-electron chi connectivity index (χ4n) is 3.84. The van der Waals surface area contributed by atoms with Crippen molar-refractivity contribution >= 4 is 27.5 Å². The van der Waals surface area contributed by atoms with Gasteiger partial charge in [0.1, 0.15) is 5.75 Å². The van der Waals surface area contributed by atoms with E-state index < -0.39 is 0 Å². The van der Waals surface area contributed by atoms with Crippen LogP contribution in [0.1, 0.15) is 29.3 Å². The van der Waals surface area contributed by atoms with Gasteiger partial charge in [0.25, 0.3) is 0 Å². The van der Waals surface area contributed by atoms with Gasteiger partial charge in [-0.1, -0.05) is 31.2 Å². The summed E-state index contributed by atoms with van der Waals surface area (Å²) in [5, 5.41) is 20.4. The Morgan fingerprint density at radius 1 is 1.24 bits per heavy atom. The number of urea groups is 1.